The second kappa shape index (κ2) is 5.34. The maximum absolute atomic E-state index is 5.57. The molecule has 3 heteroatoms. The molecular weight excluding hydrogens is 236 g/mol. The van der Waals surface area contributed by atoms with Crippen molar-refractivity contribution < 1.29 is 4.74 Å². The van der Waals surface area contributed by atoms with Gasteiger partial charge in [0.25, 0.3) is 0 Å². The molecule has 1 heterocycles. The number of piperazine rings is 1. The highest BCUT2D eigenvalue weighted by Gasteiger charge is 2.44. The lowest BCUT2D eigenvalue weighted by Crippen LogP contribution is -2.67. The molecule has 0 unspecified atom stereocenters. The summed E-state index contributed by atoms with van der Waals surface area (Å²) in [5, 5.41) is 3.85. The van der Waals surface area contributed by atoms with Crippen LogP contribution in [0.1, 0.15) is 59.8 Å². The zero-order valence-corrected chi connectivity index (χ0v) is 13.5. The topological polar surface area (TPSA) is 24.5 Å². The molecule has 0 aromatic rings. The minimum absolute atomic E-state index is 0.0101. The van der Waals surface area contributed by atoms with Crippen molar-refractivity contribution in [2.75, 3.05) is 26.7 Å². The summed E-state index contributed by atoms with van der Waals surface area (Å²) in [6.45, 7) is 12.6. The van der Waals surface area contributed by atoms with E-state index < -0.39 is 0 Å². The van der Waals surface area contributed by atoms with Gasteiger partial charge in [0.05, 0.1) is 5.60 Å². The molecule has 112 valence electrons. The molecule has 1 N–H and O–H groups in total. The molecule has 3 nitrogen and oxygen atoms in total. The molecule has 1 aliphatic carbocycles. The third-order valence-corrected chi connectivity index (χ3v) is 5.34. The highest BCUT2D eigenvalue weighted by molar-refractivity contribution is 5.04. The molecule has 2 rings (SSSR count). The lowest BCUT2D eigenvalue weighted by molar-refractivity contribution is -0.0212. The van der Waals surface area contributed by atoms with Crippen molar-refractivity contribution in [1.29, 1.82) is 0 Å². The first-order chi connectivity index (χ1) is 8.79. The Kier molecular flexibility index (Phi) is 4.29. The lowest BCUT2D eigenvalue weighted by atomic mass is 9.87. The molecule has 1 saturated carbocycles. The number of rotatable bonds is 4. The average Bonchev–Trinajstić information content (AvgIpc) is 2.80. The molecule has 1 saturated heterocycles. The number of nitrogens with zero attached hydrogens (tertiary/aromatic N) is 1. The van der Waals surface area contributed by atoms with Crippen LogP contribution >= 0.6 is 0 Å². The fourth-order valence-electron chi connectivity index (χ4n) is 3.43. The summed E-state index contributed by atoms with van der Waals surface area (Å²) in [4.78, 5) is 2.69. The molecule has 2 aliphatic rings. The second-order valence-electron chi connectivity index (χ2n) is 7.79. The van der Waals surface area contributed by atoms with E-state index in [-0.39, 0.29) is 11.1 Å². The van der Waals surface area contributed by atoms with Crippen LogP contribution in [0.25, 0.3) is 0 Å². The van der Waals surface area contributed by atoms with E-state index in [0.717, 1.165) is 19.5 Å². The van der Waals surface area contributed by atoms with Gasteiger partial charge < -0.3 is 10.1 Å². The molecule has 0 radical (unpaired) electrons. The van der Waals surface area contributed by atoms with Gasteiger partial charge in [-0.1, -0.05) is 12.8 Å². The van der Waals surface area contributed by atoms with Gasteiger partial charge in [-0.15, -0.1) is 0 Å². The van der Waals surface area contributed by atoms with Crippen LogP contribution in [0, 0.1) is 0 Å². The lowest BCUT2D eigenvalue weighted by Gasteiger charge is -2.51. The Balaban J connectivity index is 1.99. The Morgan fingerprint density at radius 1 is 1.21 bits per heavy atom. The summed E-state index contributed by atoms with van der Waals surface area (Å²) in [6.07, 6.45) is 6.60. The van der Waals surface area contributed by atoms with Crippen molar-refractivity contribution in [2.24, 2.45) is 0 Å². The maximum Gasteiger partial charge on any atom is 0.0634 e. The van der Waals surface area contributed by atoms with Gasteiger partial charge in [-0.2, -0.15) is 0 Å². The Morgan fingerprint density at radius 2 is 1.84 bits per heavy atom. The van der Waals surface area contributed by atoms with Crippen LogP contribution in [-0.2, 0) is 4.74 Å². The van der Waals surface area contributed by atoms with Crippen LogP contribution < -0.4 is 5.32 Å². The number of hydrogen-bond acceptors (Lipinski definition) is 3. The molecule has 0 aromatic heterocycles. The first-order valence-corrected chi connectivity index (χ1v) is 7.84. The van der Waals surface area contributed by atoms with E-state index in [2.05, 4.69) is 37.9 Å². The number of nitrogens with one attached hydrogen (secondary N) is 1. The molecule has 0 atom stereocenters. The number of methoxy groups -OCH3 is 1. The molecule has 0 bridgehead atoms. The van der Waals surface area contributed by atoms with Gasteiger partial charge in [0.2, 0.25) is 0 Å². The Morgan fingerprint density at radius 3 is 2.42 bits per heavy atom. The normalized spacial score (nSPS) is 27.0. The van der Waals surface area contributed by atoms with E-state index >= 15 is 0 Å². The van der Waals surface area contributed by atoms with Crippen molar-refractivity contribution in [3.8, 4) is 0 Å². The minimum atomic E-state index is -0.0101. The third kappa shape index (κ3) is 3.50. The van der Waals surface area contributed by atoms with Crippen LogP contribution in [-0.4, -0.2) is 48.3 Å². The van der Waals surface area contributed by atoms with Crippen molar-refractivity contribution in [1.82, 2.24) is 10.2 Å². The zero-order chi connectivity index (χ0) is 14.1. The van der Waals surface area contributed by atoms with Gasteiger partial charge in [-0.3, -0.25) is 4.90 Å². The molecule has 2 fully saturated rings. The van der Waals surface area contributed by atoms with Crippen molar-refractivity contribution in [3.63, 3.8) is 0 Å². The van der Waals surface area contributed by atoms with E-state index in [1.807, 2.05) is 7.11 Å². The molecular formula is C16H32N2O. The molecule has 1 aliphatic heterocycles. The van der Waals surface area contributed by atoms with Gasteiger partial charge >= 0.3 is 0 Å². The summed E-state index contributed by atoms with van der Waals surface area (Å²) in [7, 11) is 1.82. The summed E-state index contributed by atoms with van der Waals surface area (Å²) >= 11 is 0. The van der Waals surface area contributed by atoms with Crippen molar-refractivity contribution >= 4 is 0 Å². The fraction of sp³-hybridized carbons (Fsp3) is 1.00. The number of ether oxygens (including phenoxy) is 1. The fourth-order valence-corrected chi connectivity index (χ4v) is 3.43. The summed E-state index contributed by atoms with van der Waals surface area (Å²) in [6, 6.07) is 0. The summed E-state index contributed by atoms with van der Waals surface area (Å²) in [5.74, 6) is 0. The van der Waals surface area contributed by atoms with E-state index in [0.29, 0.717) is 5.54 Å². The highest BCUT2D eigenvalue weighted by Crippen LogP contribution is 2.36. The van der Waals surface area contributed by atoms with E-state index in [1.165, 1.54) is 32.2 Å². The largest absolute Gasteiger partial charge is 0.379 e. The maximum atomic E-state index is 5.57. The van der Waals surface area contributed by atoms with Gasteiger partial charge in [-0.25, -0.2) is 0 Å². The van der Waals surface area contributed by atoms with Crippen molar-refractivity contribution in [3.05, 3.63) is 0 Å². The summed E-state index contributed by atoms with van der Waals surface area (Å²) in [5.41, 5.74) is 0.661. The SMILES string of the molecule is COC(C)(C)CCN1CC2(CCCC2)NCC1(C)C. The average molecular weight is 268 g/mol. The van der Waals surface area contributed by atoms with E-state index in [4.69, 9.17) is 4.74 Å². The first kappa shape index (κ1) is 15.3. The first-order valence-electron chi connectivity index (χ1n) is 7.84. The summed E-state index contributed by atoms with van der Waals surface area (Å²) < 4.78 is 5.57. The molecule has 1 spiro atoms. The standard InChI is InChI=1S/C16H32N2O/c1-14(2)12-17-16(8-6-7-9-16)13-18(14)11-10-15(3,4)19-5/h17H,6-13H2,1-5H3. The molecule has 19 heavy (non-hydrogen) atoms. The molecule has 0 aromatic carbocycles. The Hall–Kier alpha value is -0.120. The minimum Gasteiger partial charge on any atom is -0.379 e. The van der Waals surface area contributed by atoms with Gasteiger partial charge in [0, 0.05) is 37.8 Å². The Bertz CT molecular complexity index is 306. The smallest absolute Gasteiger partial charge is 0.0634 e. The van der Waals surface area contributed by atoms with Gasteiger partial charge in [-0.05, 0) is 47.0 Å². The Labute approximate surface area is 119 Å². The second-order valence-corrected chi connectivity index (χ2v) is 7.79. The van der Waals surface area contributed by atoms with E-state index in [1.54, 1.807) is 0 Å². The third-order valence-electron chi connectivity index (χ3n) is 5.34. The quantitative estimate of drug-likeness (QED) is 0.848. The monoisotopic (exact) mass is 268 g/mol. The zero-order valence-electron chi connectivity index (χ0n) is 13.5. The van der Waals surface area contributed by atoms with Crippen LogP contribution in [0.2, 0.25) is 0 Å². The van der Waals surface area contributed by atoms with Crippen LogP contribution in [0.4, 0.5) is 0 Å². The van der Waals surface area contributed by atoms with E-state index in [9.17, 15) is 0 Å². The predicted octanol–water partition coefficient (Wildman–Crippen LogP) is 2.80. The van der Waals surface area contributed by atoms with Gasteiger partial charge in [0.15, 0.2) is 0 Å². The van der Waals surface area contributed by atoms with Crippen LogP contribution in [0.5, 0.6) is 0 Å². The predicted molar refractivity (Wildman–Crippen MR) is 80.6 cm³/mol. The van der Waals surface area contributed by atoms with Gasteiger partial charge in [0.1, 0.15) is 0 Å². The molecule has 0 amide bonds. The highest BCUT2D eigenvalue weighted by atomic mass is 16.5. The number of hydrogen-bond donors (Lipinski definition) is 1. The van der Waals surface area contributed by atoms with Crippen LogP contribution in [0.15, 0.2) is 0 Å². The van der Waals surface area contributed by atoms with Crippen molar-refractivity contribution in [2.45, 2.75) is 76.5 Å². The van der Waals surface area contributed by atoms with Crippen LogP contribution in [0.3, 0.4) is 0 Å².